The summed E-state index contributed by atoms with van der Waals surface area (Å²) in [7, 11) is 0. The summed E-state index contributed by atoms with van der Waals surface area (Å²) in [6.45, 7) is 16.9. The van der Waals surface area contributed by atoms with Crippen LogP contribution in [0.25, 0.3) is 0 Å². The van der Waals surface area contributed by atoms with Gasteiger partial charge in [-0.3, -0.25) is 4.79 Å². The third kappa shape index (κ3) is 11.2. The molecule has 4 saturated heterocycles. The van der Waals surface area contributed by atoms with Crippen molar-refractivity contribution in [1.82, 2.24) is 0 Å². The first-order valence-corrected chi connectivity index (χ1v) is 29.8. The molecule has 9 aliphatic rings. The van der Waals surface area contributed by atoms with Crippen molar-refractivity contribution in [2.45, 2.75) is 249 Å². The summed E-state index contributed by atoms with van der Waals surface area (Å²) < 4.78 is 60.4. The van der Waals surface area contributed by atoms with Gasteiger partial charge in [0.1, 0.15) is 98.2 Å². The van der Waals surface area contributed by atoms with Crippen LogP contribution in [0.4, 0.5) is 0 Å². The molecular formula is C59H92O26. The Kier molecular flexibility index (Phi) is 19.1. The molecule has 0 radical (unpaired) electrons. The minimum Gasteiger partial charge on any atom is -0.479 e. The second kappa shape index (κ2) is 24.4. The van der Waals surface area contributed by atoms with Crippen LogP contribution in [-0.4, -0.2) is 246 Å². The van der Waals surface area contributed by atoms with Crippen molar-refractivity contribution in [3.63, 3.8) is 0 Å². The molecule has 0 aromatic heterocycles. The Labute approximate surface area is 493 Å². The second-order valence-corrected chi connectivity index (χ2v) is 27.6. The average Bonchev–Trinajstić information content (AvgIpc) is 0.706. The quantitative estimate of drug-likeness (QED) is 0.0421. The number of carbonyl (C=O) groups excluding carboxylic acids is 2. The topological polar surface area (TPSA) is 407 Å². The molecular weight excluding hydrogens is 1120 g/mol. The normalized spacial score (nSPS) is 50.5. The summed E-state index contributed by atoms with van der Waals surface area (Å²) in [4.78, 5) is 39.1. The fourth-order valence-corrected chi connectivity index (χ4v) is 17.0. The van der Waals surface area contributed by atoms with Gasteiger partial charge >= 0.3 is 17.9 Å². The number of esters is 2. The third-order valence-corrected chi connectivity index (χ3v) is 22.2. The van der Waals surface area contributed by atoms with Crippen molar-refractivity contribution >= 4 is 17.9 Å². The van der Waals surface area contributed by atoms with Gasteiger partial charge in [-0.15, -0.1) is 0 Å². The fourth-order valence-electron chi connectivity index (χ4n) is 17.0. The van der Waals surface area contributed by atoms with Crippen LogP contribution in [0.3, 0.4) is 0 Å². The molecule has 9 rings (SSSR count). The zero-order valence-electron chi connectivity index (χ0n) is 50.0. The molecule has 4 aliphatic heterocycles. The van der Waals surface area contributed by atoms with Crippen LogP contribution in [0.5, 0.6) is 0 Å². The lowest BCUT2D eigenvalue weighted by molar-refractivity contribution is -0.399. The summed E-state index contributed by atoms with van der Waals surface area (Å²) in [6, 6.07) is 0. The number of aliphatic hydroxyl groups excluding tert-OH is 12. The Morgan fingerprint density at radius 1 is 0.671 bits per heavy atom. The molecule has 4 saturated carbocycles. The van der Waals surface area contributed by atoms with Crippen LogP contribution in [0.2, 0.25) is 0 Å². The van der Waals surface area contributed by atoms with Gasteiger partial charge in [-0.05, 0) is 98.2 Å². The molecule has 85 heavy (non-hydrogen) atoms. The lowest BCUT2D eigenvalue weighted by atomic mass is 9.33. The van der Waals surface area contributed by atoms with Crippen LogP contribution in [-0.2, 0) is 61.8 Å². The number of carbonyl (C=O) groups is 3. The Hall–Kier alpha value is -2.91. The van der Waals surface area contributed by atoms with Crippen molar-refractivity contribution in [3.05, 3.63) is 23.3 Å². The maximum absolute atomic E-state index is 13.4. The lowest BCUT2D eigenvalue weighted by Crippen LogP contribution is -2.72. The summed E-state index contributed by atoms with van der Waals surface area (Å²) in [5, 5.41) is 145. The third-order valence-electron chi connectivity index (χ3n) is 22.2. The van der Waals surface area contributed by atoms with Crippen LogP contribution in [0.15, 0.2) is 23.3 Å². The predicted octanol–water partition coefficient (Wildman–Crippen LogP) is -1.19. The predicted molar refractivity (Wildman–Crippen MR) is 288 cm³/mol. The van der Waals surface area contributed by atoms with E-state index in [1.54, 1.807) is 19.9 Å². The molecule has 8 fully saturated rings. The van der Waals surface area contributed by atoms with Gasteiger partial charge in [0, 0.05) is 17.9 Å². The van der Waals surface area contributed by atoms with Gasteiger partial charge in [0.2, 0.25) is 0 Å². The molecule has 0 amide bonds. The van der Waals surface area contributed by atoms with Crippen molar-refractivity contribution < 1.29 is 128 Å². The van der Waals surface area contributed by atoms with E-state index < -0.39 is 211 Å². The van der Waals surface area contributed by atoms with Gasteiger partial charge in [0.15, 0.2) is 31.3 Å². The molecule has 13 N–H and O–H groups in total. The van der Waals surface area contributed by atoms with Crippen LogP contribution >= 0.6 is 0 Å². The van der Waals surface area contributed by atoms with Crippen LogP contribution in [0, 0.1) is 50.2 Å². The summed E-state index contributed by atoms with van der Waals surface area (Å²) in [6.07, 6.45) is -30.8. The number of hydrogen-bond acceptors (Lipinski definition) is 25. The van der Waals surface area contributed by atoms with Crippen molar-refractivity contribution in [1.29, 1.82) is 0 Å². The minimum absolute atomic E-state index is 0.00886. The van der Waals surface area contributed by atoms with E-state index in [0.29, 0.717) is 44.1 Å². The van der Waals surface area contributed by atoms with E-state index in [0.717, 1.165) is 5.57 Å². The highest BCUT2D eigenvalue weighted by atomic mass is 16.8. The summed E-state index contributed by atoms with van der Waals surface area (Å²) >= 11 is 0. The van der Waals surface area contributed by atoms with E-state index >= 15 is 0 Å². The van der Waals surface area contributed by atoms with Crippen LogP contribution < -0.4 is 0 Å². The number of aliphatic hydroxyl groups is 12. The highest BCUT2D eigenvalue weighted by molar-refractivity contribution is 5.87. The molecule has 26 heteroatoms. The molecule has 29 atom stereocenters. The van der Waals surface area contributed by atoms with Gasteiger partial charge in [-0.25, -0.2) is 9.59 Å². The zero-order valence-corrected chi connectivity index (χ0v) is 50.0. The van der Waals surface area contributed by atoms with E-state index in [1.165, 1.54) is 6.92 Å². The average molecular weight is 1220 g/mol. The molecule has 0 aromatic carbocycles. The minimum atomic E-state index is -2.21. The van der Waals surface area contributed by atoms with Gasteiger partial charge in [-0.2, -0.15) is 0 Å². The van der Waals surface area contributed by atoms with E-state index in [1.807, 2.05) is 27.7 Å². The maximum atomic E-state index is 13.4. The molecule has 4 heterocycles. The molecule has 0 spiro atoms. The highest BCUT2D eigenvalue weighted by Gasteiger charge is 2.73. The monoisotopic (exact) mass is 1220 g/mol. The summed E-state index contributed by atoms with van der Waals surface area (Å²) in [5.41, 5.74) is -3.17. The number of allylic oxidation sites excluding steroid dienone is 3. The van der Waals surface area contributed by atoms with Gasteiger partial charge < -0.3 is 114 Å². The Bertz CT molecular complexity index is 2490. The molecule has 0 bridgehead atoms. The van der Waals surface area contributed by atoms with E-state index in [4.69, 9.17) is 47.4 Å². The number of carboxylic acid groups (broad SMARTS) is 1. The van der Waals surface area contributed by atoms with Crippen molar-refractivity contribution in [2.75, 3.05) is 26.4 Å². The van der Waals surface area contributed by atoms with Gasteiger partial charge in [0.25, 0.3) is 0 Å². The van der Waals surface area contributed by atoms with Crippen molar-refractivity contribution in [3.8, 4) is 0 Å². The van der Waals surface area contributed by atoms with E-state index in [2.05, 4.69) is 26.8 Å². The van der Waals surface area contributed by atoms with Gasteiger partial charge in [-0.1, -0.05) is 66.2 Å². The lowest BCUT2D eigenvalue weighted by Gasteiger charge is -2.72. The van der Waals surface area contributed by atoms with E-state index in [9.17, 15) is 80.8 Å². The van der Waals surface area contributed by atoms with Crippen LogP contribution in [0.1, 0.15) is 114 Å². The molecule has 0 aromatic rings. The highest BCUT2D eigenvalue weighted by Crippen LogP contribution is 2.76. The Morgan fingerprint density at radius 2 is 1.29 bits per heavy atom. The largest absolute Gasteiger partial charge is 0.479 e. The van der Waals surface area contributed by atoms with Crippen molar-refractivity contribution in [2.24, 2.45) is 50.2 Å². The summed E-state index contributed by atoms with van der Waals surface area (Å²) in [5.74, 6) is -3.49. The molecule has 484 valence electrons. The second-order valence-electron chi connectivity index (χ2n) is 27.6. The number of carboxylic acids is 1. The maximum Gasteiger partial charge on any atom is 0.335 e. The first-order chi connectivity index (χ1) is 39.7. The van der Waals surface area contributed by atoms with E-state index in [-0.39, 0.29) is 24.9 Å². The first-order valence-electron chi connectivity index (χ1n) is 29.8. The molecule has 26 nitrogen and oxygen atoms in total. The Morgan fingerprint density at radius 3 is 1.93 bits per heavy atom. The standard InChI is InChI=1S/C59H92O26/c1-11-24(2)49(75)85-47-46(72)59(23-78-25(3)61)27(18-54(47,4)5)26-12-13-32-56(8)16-15-34(55(6,7)31(56)14-17-57(32,9)58(26,10)19-33(59)64)80-53-45(84-51-40(70)38(68)37(67)30(20-60)79-51)42(41(71)43(82-53)48(73)74)81-52-44(36(66)29(63)22-77-52)83-50-39(69)35(65)28(62)21-76-50/h11-12,27-47,50-53,60,62-72H,13-23H2,1-10H3,(H,73,74)/b24-11-/t27-,28+,29-,30+,31-,32+,33+,34-,35-,36-,37-,38-,39+,40+,41-,42-,43-,44+,45+,46-,47-,50-,51-,52-,53+,56-,57+,58+,59-/m0/s1. The zero-order chi connectivity index (χ0) is 62.6. The number of ether oxygens (including phenoxy) is 10. The van der Waals surface area contributed by atoms with Gasteiger partial charge in [0.05, 0.1) is 37.4 Å². The number of rotatable bonds is 14. The number of hydrogen-bond donors (Lipinski definition) is 13. The number of fused-ring (bicyclic) bond motifs is 7. The smallest absolute Gasteiger partial charge is 0.335 e. The number of aliphatic carboxylic acids is 1. The molecule has 5 aliphatic carbocycles. The SMILES string of the molecule is C/C=C(/C)C(=O)O[C@H]1[C@H](O)[C@]2(COC(C)=O)[C@H](O)C[C@]3(C)C(=CC[C@@H]4[C@@]5(C)CC[C@H](O[C@@H]6O[C@H](C(=O)O)[C@@H](O)[C@H](O[C@@H]7OC[C@H](O)[C@H](O)[C@H]7O[C@@H]7OC[C@@H](O)[C@H](O)[C@H]7O)[C@H]6O[C@@H]6O[C@H](CO)[C@H](O)[C@H](O)[C@H]6O)C(C)(C)[C@@H]5CC[C@]43C)[C@@H]2CC1(C)C. The first kappa shape index (κ1) is 66.5. The fraction of sp³-hybridized carbons (Fsp3) is 0.881. The molecule has 0 unspecified atom stereocenters. The Balaban J connectivity index is 1.03.